The van der Waals surface area contributed by atoms with Gasteiger partial charge in [0.25, 0.3) is 11.5 Å². The third kappa shape index (κ3) is 2.65. The number of aromatic nitrogens is 2. The van der Waals surface area contributed by atoms with Crippen LogP contribution in [0.25, 0.3) is 10.9 Å². The van der Waals surface area contributed by atoms with Crippen molar-refractivity contribution in [1.29, 1.82) is 0 Å². The molecule has 0 bridgehead atoms. The second kappa shape index (κ2) is 5.73. The molecule has 0 spiro atoms. The molecule has 0 aliphatic carbocycles. The van der Waals surface area contributed by atoms with E-state index in [2.05, 4.69) is 26.3 Å². The highest BCUT2D eigenvalue weighted by molar-refractivity contribution is 9.10. The van der Waals surface area contributed by atoms with E-state index in [1.807, 2.05) is 12.1 Å². The van der Waals surface area contributed by atoms with Gasteiger partial charge >= 0.3 is 0 Å². The predicted octanol–water partition coefficient (Wildman–Crippen LogP) is 2.85. The van der Waals surface area contributed by atoms with Gasteiger partial charge in [-0.25, -0.2) is 9.66 Å². The topological polar surface area (TPSA) is 64.0 Å². The molecule has 1 heterocycles. The number of fused-ring (bicyclic) bond motifs is 1. The monoisotopic (exact) mass is 357 g/mol. The Balaban J connectivity index is 2.04. The Morgan fingerprint density at radius 3 is 2.73 bits per heavy atom. The smallest absolute Gasteiger partial charge is 0.267 e. The van der Waals surface area contributed by atoms with Crippen LogP contribution >= 0.6 is 15.9 Å². The Morgan fingerprint density at radius 1 is 1.18 bits per heavy atom. The van der Waals surface area contributed by atoms with Crippen LogP contribution in [0.2, 0.25) is 0 Å². The van der Waals surface area contributed by atoms with Crippen LogP contribution < -0.4 is 11.0 Å². The summed E-state index contributed by atoms with van der Waals surface area (Å²) in [6.07, 6.45) is 0. The zero-order valence-corrected chi connectivity index (χ0v) is 13.3. The summed E-state index contributed by atoms with van der Waals surface area (Å²) in [5.41, 5.74) is 3.36. The molecule has 0 fully saturated rings. The van der Waals surface area contributed by atoms with Crippen molar-refractivity contribution in [2.45, 2.75) is 6.92 Å². The van der Waals surface area contributed by atoms with Gasteiger partial charge in [0.1, 0.15) is 5.82 Å². The summed E-state index contributed by atoms with van der Waals surface area (Å²) in [4.78, 5) is 29.1. The number of amides is 1. The third-order valence-electron chi connectivity index (χ3n) is 3.24. The van der Waals surface area contributed by atoms with E-state index >= 15 is 0 Å². The Labute approximate surface area is 134 Å². The summed E-state index contributed by atoms with van der Waals surface area (Å²) in [7, 11) is 0. The molecule has 1 N–H and O–H groups in total. The number of hydrogen-bond acceptors (Lipinski definition) is 3. The number of aryl methyl sites for hydroxylation is 1. The molecule has 0 aliphatic heterocycles. The van der Waals surface area contributed by atoms with Crippen LogP contribution in [-0.4, -0.2) is 15.6 Å². The minimum Gasteiger partial charge on any atom is -0.267 e. The molecule has 3 aromatic rings. The van der Waals surface area contributed by atoms with Gasteiger partial charge in [0, 0.05) is 10.0 Å². The van der Waals surface area contributed by atoms with Gasteiger partial charge in [-0.2, -0.15) is 0 Å². The molecular formula is C16H12BrN3O2. The van der Waals surface area contributed by atoms with Crippen LogP contribution in [0.5, 0.6) is 0 Å². The number of hydrogen-bond donors (Lipinski definition) is 1. The molecule has 0 saturated carbocycles. The molecule has 1 aromatic heterocycles. The fourth-order valence-electron chi connectivity index (χ4n) is 2.17. The van der Waals surface area contributed by atoms with E-state index in [-0.39, 0.29) is 11.5 Å². The molecule has 110 valence electrons. The summed E-state index contributed by atoms with van der Waals surface area (Å²) >= 11 is 3.32. The maximum atomic E-state index is 12.5. The van der Waals surface area contributed by atoms with Crippen molar-refractivity contribution in [3.05, 3.63) is 74.7 Å². The zero-order chi connectivity index (χ0) is 15.7. The fraction of sp³-hybridized carbons (Fsp3) is 0.0625. The van der Waals surface area contributed by atoms with Crippen LogP contribution in [0.1, 0.15) is 16.2 Å². The lowest BCUT2D eigenvalue weighted by Gasteiger charge is -2.12. The van der Waals surface area contributed by atoms with Gasteiger partial charge in [-0.15, -0.1) is 0 Å². The third-order valence-corrected chi connectivity index (χ3v) is 3.74. The van der Waals surface area contributed by atoms with E-state index < -0.39 is 0 Å². The van der Waals surface area contributed by atoms with Crippen molar-refractivity contribution >= 4 is 32.7 Å². The number of nitrogens with one attached hydrogen (secondary N) is 1. The first-order valence-electron chi connectivity index (χ1n) is 6.61. The van der Waals surface area contributed by atoms with Crippen LogP contribution in [0, 0.1) is 6.92 Å². The van der Waals surface area contributed by atoms with Gasteiger partial charge in [-0.1, -0.05) is 34.1 Å². The van der Waals surface area contributed by atoms with Crippen molar-refractivity contribution in [3.63, 3.8) is 0 Å². The van der Waals surface area contributed by atoms with E-state index in [9.17, 15) is 9.59 Å². The zero-order valence-electron chi connectivity index (χ0n) is 11.7. The number of rotatable bonds is 2. The standard InChI is InChI=1S/C16H12BrN3O2/c1-10-18-14-8-3-2-7-13(14)16(22)20(10)19-15(21)11-5-4-6-12(17)9-11/h2-9H,1H3,(H,19,21). The molecule has 0 saturated heterocycles. The maximum absolute atomic E-state index is 12.5. The minimum atomic E-state index is -0.372. The van der Waals surface area contributed by atoms with Crippen molar-refractivity contribution in [2.24, 2.45) is 0 Å². The first-order chi connectivity index (χ1) is 10.6. The molecular weight excluding hydrogens is 346 g/mol. The molecule has 5 nitrogen and oxygen atoms in total. The largest absolute Gasteiger partial charge is 0.280 e. The summed E-state index contributed by atoms with van der Waals surface area (Å²) in [6, 6.07) is 14.0. The Kier molecular flexibility index (Phi) is 3.77. The molecule has 0 atom stereocenters. The van der Waals surface area contributed by atoms with Crippen molar-refractivity contribution < 1.29 is 4.79 Å². The molecule has 0 aliphatic rings. The number of benzene rings is 2. The van der Waals surface area contributed by atoms with Gasteiger partial charge in [0.2, 0.25) is 0 Å². The minimum absolute atomic E-state index is 0.300. The summed E-state index contributed by atoms with van der Waals surface area (Å²) in [5, 5.41) is 0.461. The van der Waals surface area contributed by atoms with Crippen LogP contribution in [0.4, 0.5) is 0 Å². The Hall–Kier alpha value is -2.47. The fourth-order valence-corrected chi connectivity index (χ4v) is 2.57. The first-order valence-corrected chi connectivity index (χ1v) is 7.41. The van der Waals surface area contributed by atoms with Gasteiger partial charge in [0.05, 0.1) is 10.9 Å². The second-order valence-corrected chi connectivity index (χ2v) is 5.68. The van der Waals surface area contributed by atoms with Gasteiger partial charge in [0.15, 0.2) is 0 Å². The number of carbonyl (C=O) groups is 1. The SMILES string of the molecule is Cc1nc2ccccc2c(=O)n1NC(=O)c1cccc(Br)c1. The van der Waals surface area contributed by atoms with Crippen LogP contribution in [0.15, 0.2) is 57.8 Å². The second-order valence-electron chi connectivity index (χ2n) is 4.77. The quantitative estimate of drug-likeness (QED) is 0.766. The van der Waals surface area contributed by atoms with E-state index in [1.54, 1.807) is 43.3 Å². The van der Waals surface area contributed by atoms with E-state index in [0.29, 0.717) is 22.3 Å². The lowest BCUT2D eigenvalue weighted by atomic mass is 10.2. The molecule has 6 heteroatoms. The lowest BCUT2D eigenvalue weighted by Crippen LogP contribution is -2.35. The summed E-state index contributed by atoms with van der Waals surface area (Å²) < 4.78 is 1.96. The molecule has 2 aromatic carbocycles. The molecule has 22 heavy (non-hydrogen) atoms. The van der Waals surface area contributed by atoms with Gasteiger partial charge in [-0.3, -0.25) is 15.0 Å². The molecule has 3 rings (SSSR count). The van der Waals surface area contributed by atoms with Crippen molar-refractivity contribution in [1.82, 2.24) is 9.66 Å². The summed E-state index contributed by atoms with van der Waals surface area (Å²) in [6.45, 7) is 1.68. The number of nitrogens with zero attached hydrogens (tertiary/aromatic N) is 2. The highest BCUT2D eigenvalue weighted by Crippen LogP contribution is 2.12. The highest BCUT2D eigenvalue weighted by atomic mass is 79.9. The average molecular weight is 358 g/mol. The average Bonchev–Trinajstić information content (AvgIpc) is 2.51. The molecule has 0 unspecified atom stereocenters. The van der Waals surface area contributed by atoms with Crippen molar-refractivity contribution in [2.75, 3.05) is 5.43 Å². The normalized spacial score (nSPS) is 10.6. The Bertz CT molecular complexity index is 934. The van der Waals surface area contributed by atoms with Crippen molar-refractivity contribution in [3.8, 4) is 0 Å². The highest BCUT2D eigenvalue weighted by Gasteiger charge is 2.12. The molecule has 0 radical (unpaired) electrons. The van der Waals surface area contributed by atoms with E-state index in [4.69, 9.17) is 0 Å². The first kappa shape index (κ1) is 14.5. The van der Waals surface area contributed by atoms with E-state index in [1.165, 1.54) is 4.68 Å². The van der Waals surface area contributed by atoms with Crippen LogP contribution in [-0.2, 0) is 0 Å². The van der Waals surface area contributed by atoms with Crippen LogP contribution in [0.3, 0.4) is 0 Å². The lowest BCUT2D eigenvalue weighted by molar-refractivity contribution is 0.101. The van der Waals surface area contributed by atoms with Gasteiger partial charge < -0.3 is 0 Å². The summed E-state index contributed by atoms with van der Waals surface area (Å²) in [5.74, 6) is 0.0515. The Morgan fingerprint density at radius 2 is 1.95 bits per heavy atom. The number of carbonyl (C=O) groups excluding carboxylic acids is 1. The van der Waals surface area contributed by atoms with E-state index in [0.717, 1.165) is 4.47 Å². The maximum Gasteiger partial charge on any atom is 0.280 e. The predicted molar refractivity (Wildman–Crippen MR) is 88.6 cm³/mol. The van der Waals surface area contributed by atoms with Gasteiger partial charge in [-0.05, 0) is 37.3 Å². The molecule has 1 amide bonds. The number of halogens is 1. The number of para-hydroxylation sites is 1.